The maximum Gasteiger partial charge on any atom is 0.251 e. The van der Waals surface area contributed by atoms with Crippen molar-refractivity contribution < 1.29 is 9.53 Å². The normalized spacial score (nSPS) is 10.7. The molecule has 0 saturated heterocycles. The van der Waals surface area contributed by atoms with Crippen LogP contribution in [0, 0.1) is 0 Å². The molecule has 5 nitrogen and oxygen atoms in total. The van der Waals surface area contributed by atoms with Crippen LogP contribution in [-0.2, 0) is 13.0 Å². The molecule has 2 aromatic carbocycles. The van der Waals surface area contributed by atoms with Gasteiger partial charge in [0, 0.05) is 25.1 Å². The van der Waals surface area contributed by atoms with E-state index in [0.717, 1.165) is 42.0 Å². The Morgan fingerprint density at radius 2 is 2.00 bits per heavy atom. The minimum atomic E-state index is -0.0766. The van der Waals surface area contributed by atoms with Gasteiger partial charge in [0.15, 0.2) is 0 Å². The van der Waals surface area contributed by atoms with Gasteiger partial charge in [-0.15, -0.1) is 6.58 Å². The molecule has 3 aromatic rings. The smallest absolute Gasteiger partial charge is 0.251 e. The maximum absolute atomic E-state index is 12.2. The van der Waals surface area contributed by atoms with Crippen molar-refractivity contribution in [3.05, 3.63) is 72.6 Å². The number of aromatic nitrogens is 2. The molecule has 1 aromatic heterocycles. The fourth-order valence-electron chi connectivity index (χ4n) is 2.94. The molecule has 3 rings (SSSR count). The summed E-state index contributed by atoms with van der Waals surface area (Å²) >= 11 is 0. The van der Waals surface area contributed by atoms with E-state index in [1.165, 1.54) is 0 Å². The van der Waals surface area contributed by atoms with Crippen molar-refractivity contribution in [2.24, 2.45) is 0 Å². The lowest BCUT2D eigenvalue weighted by Crippen LogP contribution is -2.25. The molecule has 5 heteroatoms. The van der Waals surface area contributed by atoms with Gasteiger partial charge in [-0.3, -0.25) is 4.79 Å². The van der Waals surface area contributed by atoms with E-state index in [0.29, 0.717) is 12.1 Å². The number of rotatable bonds is 8. The lowest BCUT2D eigenvalue weighted by Gasteiger charge is -2.08. The van der Waals surface area contributed by atoms with E-state index in [1.54, 1.807) is 31.4 Å². The molecule has 26 heavy (non-hydrogen) atoms. The Morgan fingerprint density at radius 3 is 2.73 bits per heavy atom. The number of aryl methyl sites for hydroxylation is 1. The predicted molar refractivity (Wildman–Crippen MR) is 104 cm³/mol. The van der Waals surface area contributed by atoms with Gasteiger partial charge in [0.05, 0.1) is 18.1 Å². The van der Waals surface area contributed by atoms with Crippen LogP contribution in [0.3, 0.4) is 0 Å². The van der Waals surface area contributed by atoms with Crippen molar-refractivity contribution in [2.45, 2.75) is 19.4 Å². The van der Waals surface area contributed by atoms with E-state index < -0.39 is 0 Å². The lowest BCUT2D eigenvalue weighted by atomic mass is 10.2. The van der Waals surface area contributed by atoms with Crippen molar-refractivity contribution in [1.82, 2.24) is 14.9 Å². The second kappa shape index (κ2) is 8.34. The second-order valence-electron chi connectivity index (χ2n) is 6.00. The van der Waals surface area contributed by atoms with E-state index in [4.69, 9.17) is 9.72 Å². The molecule has 1 N–H and O–H groups in total. The summed E-state index contributed by atoms with van der Waals surface area (Å²) in [4.78, 5) is 16.9. The number of hydrogen-bond donors (Lipinski definition) is 1. The average Bonchev–Trinajstić information content (AvgIpc) is 3.03. The Hall–Kier alpha value is -3.08. The van der Waals surface area contributed by atoms with Crippen LogP contribution in [0.25, 0.3) is 11.0 Å². The van der Waals surface area contributed by atoms with Gasteiger partial charge < -0.3 is 14.6 Å². The molecule has 1 heterocycles. The van der Waals surface area contributed by atoms with Gasteiger partial charge in [-0.1, -0.05) is 18.2 Å². The van der Waals surface area contributed by atoms with Crippen LogP contribution in [-0.4, -0.2) is 29.1 Å². The van der Waals surface area contributed by atoms with Crippen LogP contribution in [0.1, 0.15) is 22.6 Å². The number of allylic oxidation sites excluding steroid dienone is 1. The number of nitrogens with one attached hydrogen (secondary N) is 1. The number of carbonyl (C=O) groups excluding carboxylic acids is 1. The summed E-state index contributed by atoms with van der Waals surface area (Å²) in [5, 5.41) is 2.95. The zero-order chi connectivity index (χ0) is 18.4. The molecule has 1 amide bonds. The highest BCUT2D eigenvalue weighted by Crippen LogP contribution is 2.17. The summed E-state index contributed by atoms with van der Waals surface area (Å²) in [6.45, 7) is 5.16. The number of imidazole rings is 1. The third kappa shape index (κ3) is 3.94. The molecule has 134 valence electrons. The molecule has 0 spiro atoms. The fraction of sp³-hybridized carbons (Fsp3) is 0.238. The van der Waals surface area contributed by atoms with Crippen LogP contribution in [0.15, 0.2) is 61.2 Å². The zero-order valence-corrected chi connectivity index (χ0v) is 14.9. The molecule has 0 radical (unpaired) electrons. The highest BCUT2D eigenvalue weighted by Gasteiger charge is 2.10. The molecule has 0 aliphatic carbocycles. The summed E-state index contributed by atoms with van der Waals surface area (Å²) in [5.74, 6) is 1.68. The van der Waals surface area contributed by atoms with Crippen LogP contribution in [0.5, 0.6) is 5.75 Å². The highest BCUT2D eigenvalue weighted by molar-refractivity contribution is 5.94. The third-order valence-corrected chi connectivity index (χ3v) is 4.26. The molecular formula is C21H23N3O2. The van der Waals surface area contributed by atoms with Gasteiger partial charge in [0.2, 0.25) is 0 Å². The summed E-state index contributed by atoms with van der Waals surface area (Å²) in [6.07, 6.45) is 3.50. The quantitative estimate of drug-likeness (QED) is 0.499. The van der Waals surface area contributed by atoms with Gasteiger partial charge in [-0.25, -0.2) is 4.98 Å². The number of methoxy groups -OCH3 is 1. The summed E-state index contributed by atoms with van der Waals surface area (Å²) < 4.78 is 7.28. The number of nitrogens with zero attached hydrogens (tertiary/aromatic N) is 2. The van der Waals surface area contributed by atoms with Crippen molar-refractivity contribution >= 4 is 16.9 Å². The first-order valence-corrected chi connectivity index (χ1v) is 8.70. The van der Waals surface area contributed by atoms with Gasteiger partial charge in [-0.05, 0) is 42.8 Å². The van der Waals surface area contributed by atoms with Crippen LogP contribution >= 0.6 is 0 Å². The van der Waals surface area contributed by atoms with Gasteiger partial charge >= 0.3 is 0 Å². The number of benzene rings is 2. The first-order valence-electron chi connectivity index (χ1n) is 8.70. The van der Waals surface area contributed by atoms with Crippen molar-refractivity contribution in [3.8, 4) is 5.75 Å². The Bertz CT molecular complexity index is 897. The van der Waals surface area contributed by atoms with E-state index in [2.05, 4.69) is 22.5 Å². The number of amides is 1. The third-order valence-electron chi connectivity index (χ3n) is 4.26. The molecule has 0 saturated carbocycles. The highest BCUT2D eigenvalue weighted by atomic mass is 16.5. The number of carbonyl (C=O) groups is 1. The number of fused-ring (bicyclic) bond motifs is 1. The molecular weight excluding hydrogens is 326 g/mol. The number of hydrogen-bond acceptors (Lipinski definition) is 3. The molecule has 0 aliphatic heterocycles. The number of para-hydroxylation sites is 2. The average molecular weight is 349 g/mol. The Morgan fingerprint density at radius 1 is 1.23 bits per heavy atom. The maximum atomic E-state index is 12.2. The Balaban J connectivity index is 1.57. The zero-order valence-electron chi connectivity index (χ0n) is 14.9. The monoisotopic (exact) mass is 349 g/mol. The van der Waals surface area contributed by atoms with Crippen molar-refractivity contribution in [1.29, 1.82) is 0 Å². The summed E-state index contributed by atoms with van der Waals surface area (Å²) in [6, 6.07) is 15.2. The Kier molecular flexibility index (Phi) is 5.69. The first-order chi connectivity index (χ1) is 12.7. The minimum Gasteiger partial charge on any atom is -0.497 e. The summed E-state index contributed by atoms with van der Waals surface area (Å²) in [7, 11) is 1.61. The van der Waals surface area contributed by atoms with E-state index in [1.807, 2.05) is 24.3 Å². The van der Waals surface area contributed by atoms with Gasteiger partial charge in [0.1, 0.15) is 11.6 Å². The summed E-state index contributed by atoms with van der Waals surface area (Å²) in [5.41, 5.74) is 2.74. The molecule has 0 fully saturated rings. The molecule has 0 bridgehead atoms. The van der Waals surface area contributed by atoms with Crippen molar-refractivity contribution in [3.63, 3.8) is 0 Å². The fourth-order valence-corrected chi connectivity index (χ4v) is 2.94. The van der Waals surface area contributed by atoms with E-state index in [-0.39, 0.29) is 5.91 Å². The SMILES string of the molecule is C=CCn1c(CCCNC(=O)c2ccc(OC)cc2)nc2ccccc21. The van der Waals surface area contributed by atoms with E-state index in [9.17, 15) is 4.79 Å². The van der Waals surface area contributed by atoms with Crippen molar-refractivity contribution in [2.75, 3.05) is 13.7 Å². The van der Waals surface area contributed by atoms with Crippen LogP contribution in [0.2, 0.25) is 0 Å². The molecule has 0 atom stereocenters. The minimum absolute atomic E-state index is 0.0766. The molecule has 0 aliphatic rings. The lowest BCUT2D eigenvalue weighted by molar-refractivity contribution is 0.0953. The van der Waals surface area contributed by atoms with Crippen LogP contribution < -0.4 is 10.1 Å². The first kappa shape index (κ1) is 17.7. The van der Waals surface area contributed by atoms with Crippen LogP contribution in [0.4, 0.5) is 0 Å². The standard InChI is InChI=1S/C21H23N3O2/c1-3-15-24-19-8-5-4-7-18(19)23-20(24)9-6-14-22-21(25)16-10-12-17(26-2)13-11-16/h3-5,7-8,10-13H,1,6,9,14-15H2,2H3,(H,22,25). The molecule has 0 unspecified atom stereocenters. The second-order valence-corrected chi connectivity index (χ2v) is 6.00. The van der Waals surface area contributed by atoms with Gasteiger partial charge in [0.25, 0.3) is 5.91 Å². The van der Waals surface area contributed by atoms with E-state index >= 15 is 0 Å². The predicted octanol–water partition coefficient (Wildman–Crippen LogP) is 3.59. The van der Waals surface area contributed by atoms with Gasteiger partial charge in [-0.2, -0.15) is 0 Å². The number of ether oxygens (including phenoxy) is 1. The topological polar surface area (TPSA) is 56.2 Å². The Labute approximate surface area is 153 Å². The largest absolute Gasteiger partial charge is 0.497 e.